The number of aryl methyl sites for hydroxylation is 1. The average molecular weight is 445 g/mol. The normalized spacial score (nSPS) is 10.9. The van der Waals surface area contributed by atoms with Gasteiger partial charge in [0.15, 0.2) is 11.5 Å². The zero-order chi connectivity index (χ0) is 22.4. The van der Waals surface area contributed by atoms with Crippen molar-refractivity contribution in [2.75, 3.05) is 53.4 Å². The number of hydrogen-bond donors (Lipinski definition) is 1. The van der Waals surface area contributed by atoms with E-state index in [0.29, 0.717) is 36.1 Å². The van der Waals surface area contributed by atoms with Crippen LogP contribution in [0.25, 0.3) is 10.2 Å². The molecule has 166 valence electrons. The van der Waals surface area contributed by atoms with E-state index in [0.717, 1.165) is 33.6 Å². The molecule has 8 nitrogen and oxygen atoms in total. The van der Waals surface area contributed by atoms with Crippen LogP contribution in [0, 0.1) is 6.92 Å². The first kappa shape index (κ1) is 22.8. The van der Waals surface area contributed by atoms with E-state index in [4.69, 9.17) is 14.2 Å². The van der Waals surface area contributed by atoms with Crippen LogP contribution in [-0.4, -0.2) is 68.8 Å². The number of fused-ring (bicyclic) bond motifs is 1. The lowest BCUT2D eigenvalue weighted by molar-refractivity contribution is 0.0748. The molecule has 1 aromatic carbocycles. The van der Waals surface area contributed by atoms with Crippen molar-refractivity contribution in [2.24, 2.45) is 0 Å². The molecule has 0 fully saturated rings. The number of likely N-dealkylation sites (N-methyl/N-ethyl adjacent to an activating group) is 1. The van der Waals surface area contributed by atoms with Gasteiger partial charge in [-0.05, 0) is 36.6 Å². The maximum atomic E-state index is 12.9. The number of nitrogens with one attached hydrogen (secondary N) is 1. The van der Waals surface area contributed by atoms with Gasteiger partial charge < -0.3 is 24.4 Å². The maximum absolute atomic E-state index is 12.9. The van der Waals surface area contributed by atoms with Gasteiger partial charge in [-0.15, -0.1) is 11.3 Å². The molecule has 0 aliphatic carbocycles. The molecule has 0 radical (unpaired) electrons. The Balaban J connectivity index is 1.76. The molecule has 0 aliphatic heterocycles. The molecular weight excluding hydrogens is 416 g/mol. The van der Waals surface area contributed by atoms with Crippen molar-refractivity contribution in [3.63, 3.8) is 0 Å². The number of methoxy groups -OCH3 is 3. The largest absolute Gasteiger partial charge is 0.493 e. The number of aromatic nitrogens is 2. The summed E-state index contributed by atoms with van der Waals surface area (Å²) in [6.07, 6.45) is 2.31. The van der Waals surface area contributed by atoms with Gasteiger partial charge in [0.25, 0.3) is 5.91 Å². The van der Waals surface area contributed by atoms with E-state index < -0.39 is 0 Å². The second kappa shape index (κ2) is 10.4. The number of anilines is 1. The van der Waals surface area contributed by atoms with Gasteiger partial charge in [0.1, 0.15) is 17.0 Å². The van der Waals surface area contributed by atoms with Gasteiger partial charge >= 0.3 is 0 Å². The zero-order valence-electron chi connectivity index (χ0n) is 18.5. The minimum Gasteiger partial charge on any atom is -0.493 e. The Hall–Kier alpha value is -2.91. The maximum Gasteiger partial charge on any atom is 0.264 e. The van der Waals surface area contributed by atoms with Crippen LogP contribution >= 0.6 is 11.3 Å². The second-order valence-corrected chi connectivity index (χ2v) is 8.04. The molecule has 0 spiro atoms. The molecule has 0 saturated heterocycles. The molecular formula is C22H28N4O4S. The molecule has 2 aromatic heterocycles. The smallest absolute Gasteiger partial charge is 0.264 e. The van der Waals surface area contributed by atoms with Gasteiger partial charge in [-0.2, -0.15) is 0 Å². The number of benzene rings is 1. The summed E-state index contributed by atoms with van der Waals surface area (Å²) < 4.78 is 15.7. The fourth-order valence-corrected chi connectivity index (χ4v) is 4.42. The fraction of sp³-hybridized carbons (Fsp3) is 0.409. The molecule has 9 heteroatoms. The standard InChI is InChI=1S/C22H28N4O4S/c1-14-18-20(23-9-8-15-6-7-16(29-4)17(12-15)30-5)24-13-25-21(18)31-19(14)22(27)26(2)10-11-28-3/h6-7,12-13H,8-11H2,1-5H3,(H,23,24,25). The average Bonchev–Trinajstić information content (AvgIpc) is 3.13. The molecule has 0 saturated carbocycles. The Morgan fingerprint density at radius 2 is 1.94 bits per heavy atom. The lowest BCUT2D eigenvalue weighted by Gasteiger charge is -2.16. The molecule has 1 N–H and O–H groups in total. The summed E-state index contributed by atoms with van der Waals surface area (Å²) in [6.45, 7) is 3.65. The molecule has 3 rings (SSSR count). The Kier molecular flexibility index (Phi) is 7.64. The minimum absolute atomic E-state index is 0.0335. The van der Waals surface area contributed by atoms with E-state index in [2.05, 4.69) is 15.3 Å². The minimum atomic E-state index is -0.0335. The van der Waals surface area contributed by atoms with Crippen LogP contribution in [0.1, 0.15) is 20.8 Å². The van der Waals surface area contributed by atoms with Crippen LogP contribution in [0.2, 0.25) is 0 Å². The monoisotopic (exact) mass is 444 g/mol. The van der Waals surface area contributed by atoms with Crippen molar-refractivity contribution in [1.29, 1.82) is 0 Å². The van der Waals surface area contributed by atoms with Gasteiger partial charge in [0, 0.05) is 27.2 Å². The molecule has 0 bridgehead atoms. The highest BCUT2D eigenvalue weighted by Crippen LogP contribution is 2.34. The number of ether oxygens (including phenoxy) is 3. The van der Waals surface area contributed by atoms with Crippen LogP contribution in [0.4, 0.5) is 5.82 Å². The van der Waals surface area contributed by atoms with Crippen LogP contribution in [0.5, 0.6) is 11.5 Å². The van der Waals surface area contributed by atoms with Crippen molar-refractivity contribution in [3.05, 3.63) is 40.5 Å². The van der Waals surface area contributed by atoms with E-state index in [9.17, 15) is 4.79 Å². The van der Waals surface area contributed by atoms with E-state index in [1.807, 2.05) is 25.1 Å². The van der Waals surface area contributed by atoms with Crippen LogP contribution in [0.15, 0.2) is 24.5 Å². The van der Waals surface area contributed by atoms with E-state index >= 15 is 0 Å². The predicted molar refractivity (Wildman–Crippen MR) is 123 cm³/mol. The summed E-state index contributed by atoms with van der Waals surface area (Å²) in [5.41, 5.74) is 2.01. The number of thiophene rings is 1. The molecule has 0 atom stereocenters. The fourth-order valence-electron chi connectivity index (χ4n) is 3.27. The summed E-state index contributed by atoms with van der Waals surface area (Å²) in [5.74, 6) is 2.11. The summed E-state index contributed by atoms with van der Waals surface area (Å²) in [7, 11) is 6.65. The van der Waals surface area contributed by atoms with Gasteiger partial charge in [-0.25, -0.2) is 9.97 Å². The summed E-state index contributed by atoms with van der Waals surface area (Å²) in [6, 6.07) is 5.89. The third kappa shape index (κ3) is 5.05. The number of hydrogen-bond acceptors (Lipinski definition) is 8. The number of carbonyl (C=O) groups excluding carboxylic acids is 1. The predicted octanol–water partition coefficient (Wildman–Crippen LogP) is 3.39. The number of amides is 1. The van der Waals surface area contributed by atoms with E-state index in [-0.39, 0.29) is 5.91 Å². The van der Waals surface area contributed by atoms with Gasteiger partial charge in [-0.1, -0.05) is 6.07 Å². The third-order valence-corrected chi connectivity index (χ3v) is 6.24. The molecule has 2 heterocycles. The number of carbonyl (C=O) groups is 1. The highest BCUT2D eigenvalue weighted by molar-refractivity contribution is 7.20. The summed E-state index contributed by atoms with van der Waals surface area (Å²) >= 11 is 1.39. The molecule has 31 heavy (non-hydrogen) atoms. The Labute approximate surface area is 186 Å². The Bertz CT molecular complexity index is 1050. The van der Waals surface area contributed by atoms with Crippen molar-refractivity contribution in [2.45, 2.75) is 13.3 Å². The molecule has 1 amide bonds. The summed E-state index contributed by atoms with van der Waals surface area (Å²) in [4.78, 5) is 24.8. The Morgan fingerprint density at radius 3 is 2.65 bits per heavy atom. The van der Waals surface area contributed by atoms with Gasteiger partial charge in [0.2, 0.25) is 0 Å². The third-order valence-electron chi connectivity index (χ3n) is 5.05. The van der Waals surface area contributed by atoms with Crippen molar-refractivity contribution < 1.29 is 19.0 Å². The molecule has 0 aliphatic rings. The zero-order valence-corrected chi connectivity index (χ0v) is 19.3. The lowest BCUT2D eigenvalue weighted by atomic mass is 10.1. The highest BCUT2D eigenvalue weighted by Gasteiger charge is 2.21. The summed E-state index contributed by atoms with van der Waals surface area (Å²) in [5, 5.41) is 4.29. The van der Waals surface area contributed by atoms with Crippen molar-refractivity contribution in [3.8, 4) is 11.5 Å². The quantitative estimate of drug-likeness (QED) is 0.513. The highest BCUT2D eigenvalue weighted by atomic mass is 32.1. The van der Waals surface area contributed by atoms with Crippen LogP contribution in [-0.2, 0) is 11.2 Å². The van der Waals surface area contributed by atoms with E-state index in [1.54, 1.807) is 33.3 Å². The van der Waals surface area contributed by atoms with Crippen LogP contribution < -0.4 is 14.8 Å². The number of nitrogens with zero attached hydrogens (tertiary/aromatic N) is 3. The first-order chi connectivity index (χ1) is 15.0. The first-order valence-corrected chi connectivity index (χ1v) is 10.7. The second-order valence-electron chi connectivity index (χ2n) is 7.04. The van der Waals surface area contributed by atoms with Crippen molar-refractivity contribution in [1.82, 2.24) is 14.9 Å². The topological polar surface area (TPSA) is 85.8 Å². The molecule has 0 unspecified atom stereocenters. The van der Waals surface area contributed by atoms with Crippen LogP contribution in [0.3, 0.4) is 0 Å². The number of rotatable bonds is 10. The first-order valence-electron chi connectivity index (χ1n) is 9.93. The van der Waals surface area contributed by atoms with Gasteiger partial charge in [-0.3, -0.25) is 4.79 Å². The SMILES string of the molecule is COCCN(C)C(=O)c1sc2ncnc(NCCc3ccc(OC)c(OC)c3)c2c1C. The Morgan fingerprint density at radius 1 is 1.16 bits per heavy atom. The lowest BCUT2D eigenvalue weighted by Crippen LogP contribution is -2.29. The van der Waals surface area contributed by atoms with Crippen molar-refractivity contribution >= 4 is 33.3 Å². The van der Waals surface area contributed by atoms with E-state index in [1.165, 1.54) is 17.7 Å². The van der Waals surface area contributed by atoms with Gasteiger partial charge in [0.05, 0.1) is 31.1 Å². The molecule has 3 aromatic rings.